The fourth-order valence-corrected chi connectivity index (χ4v) is 6.41. The predicted molar refractivity (Wildman–Crippen MR) is 157 cm³/mol. The van der Waals surface area contributed by atoms with Crippen molar-refractivity contribution >= 4 is 43.5 Å². The first-order valence-corrected chi connectivity index (χ1v) is 14.4. The van der Waals surface area contributed by atoms with Gasteiger partial charge in [0.2, 0.25) is 6.29 Å². The maximum Gasteiger partial charge on any atom is 0.348 e. The Labute approximate surface area is 257 Å². The lowest BCUT2D eigenvalue weighted by atomic mass is 9.96. The van der Waals surface area contributed by atoms with Crippen molar-refractivity contribution in [1.82, 2.24) is 0 Å². The highest BCUT2D eigenvalue weighted by atomic mass is 16.8. The first-order chi connectivity index (χ1) is 21.9. The Morgan fingerprint density at radius 2 is 1.39 bits per heavy atom. The second-order valence-corrected chi connectivity index (χ2v) is 11.5. The lowest BCUT2D eigenvalue weighted by Crippen LogP contribution is -2.64. The maximum atomic E-state index is 13.2. The number of aliphatic hydroxyl groups is 4. The van der Waals surface area contributed by atoms with E-state index < -0.39 is 84.2 Å². The van der Waals surface area contributed by atoms with E-state index in [4.69, 9.17) is 32.5 Å². The maximum absolute atomic E-state index is 13.2. The second-order valence-electron chi connectivity index (χ2n) is 11.5. The molecular weight excluding hydrogens is 612 g/mol. The molecule has 244 valence electrons. The van der Waals surface area contributed by atoms with Crippen molar-refractivity contribution in [2.24, 2.45) is 0 Å². The van der Waals surface area contributed by atoms with Gasteiger partial charge >= 0.3 is 11.3 Å². The molecule has 5 aromatic rings. The van der Waals surface area contributed by atoms with Crippen LogP contribution in [0.3, 0.4) is 0 Å². The summed E-state index contributed by atoms with van der Waals surface area (Å²) in [5.74, 6) is -0.995. The zero-order valence-corrected chi connectivity index (χ0v) is 24.5. The summed E-state index contributed by atoms with van der Waals surface area (Å²) in [5, 5.41) is 64.3. The van der Waals surface area contributed by atoms with Gasteiger partial charge in [-0.1, -0.05) is 12.1 Å². The number of ether oxygens (including phenoxy) is 5. The summed E-state index contributed by atoms with van der Waals surface area (Å²) in [6.07, 6.45) is -13.2. The van der Waals surface area contributed by atoms with Gasteiger partial charge in [-0.05, 0) is 32.0 Å². The monoisotopic (exact) mass is 642 g/mol. The minimum absolute atomic E-state index is 0.00383. The standard InChI is InChI=1S/C31H30O15/c1-9-20(33)23(36)27(46-30-24(37)26(40-3)21(34)10(2)41-30)31(42-9)44-13-6-4-5-11-15(13)25-18-17-14(43-29(39)19(18)22(11)35)8-7-12(32)16(17)28(38)45-25/h4-10,20-21,23-24,26-27,30-37H,1-3H3/t9?,10?,20-,21-,23-,24+,26?,27?,30+,31-/m0/s1. The van der Waals surface area contributed by atoms with Crippen molar-refractivity contribution in [1.29, 1.82) is 0 Å². The molecule has 6 N–H and O–H groups in total. The van der Waals surface area contributed by atoms with Gasteiger partial charge in [0.1, 0.15) is 64.1 Å². The van der Waals surface area contributed by atoms with Crippen LogP contribution in [0.15, 0.2) is 48.8 Å². The van der Waals surface area contributed by atoms with Gasteiger partial charge in [-0.3, -0.25) is 0 Å². The van der Waals surface area contributed by atoms with E-state index in [2.05, 4.69) is 0 Å². The molecule has 0 radical (unpaired) electrons. The van der Waals surface area contributed by atoms with Crippen LogP contribution in [0.5, 0.6) is 17.2 Å². The Hall–Kier alpha value is -4.06. The quantitative estimate of drug-likeness (QED) is 0.0884. The number of fused-ring (bicyclic) bond motifs is 2. The van der Waals surface area contributed by atoms with Gasteiger partial charge in [0.05, 0.1) is 17.6 Å². The van der Waals surface area contributed by atoms with Gasteiger partial charge in [-0.25, -0.2) is 9.59 Å². The fourth-order valence-electron chi connectivity index (χ4n) is 6.41. The van der Waals surface area contributed by atoms with Crippen LogP contribution < -0.4 is 16.0 Å². The van der Waals surface area contributed by atoms with Gasteiger partial charge in [0, 0.05) is 23.3 Å². The van der Waals surface area contributed by atoms with Crippen LogP contribution in [-0.2, 0) is 18.9 Å². The highest BCUT2D eigenvalue weighted by Crippen LogP contribution is 2.46. The van der Waals surface area contributed by atoms with Gasteiger partial charge in [0.25, 0.3) is 0 Å². The summed E-state index contributed by atoms with van der Waals surface area (Å²) in [6, 6.07) is 6.87. The molecule has 4 unspecified atom stereocenters. The topological polar surface area (TPSA) is 228 Å². The largest absolute Gasteiger partial charge is 0.507 e. The molecular formula is C31H30O15. The van der Waals surface area contributed by atoms with Crippen molar-refractivity contribution in [2.75, 3.05) is 7.11 Å². The summed E-state index contributed by atoms with van der Waals surface area (Å²) < 4.78 is 40.0. The molecule has 2 aliphatic heterocycles. The highest BCUT2D eigenvalue weighted by Gasteiger charge is 2.50. The van der Waals surface area contributed by atoms with Crippen molar-refractivity contribution in [2.45, 2.75) is 75.3 Å². The molecule has 7 rings (SSSR count). The number of aromatic hydroxyl groups is 2. The van der Waals surface area contributed by atoms with Crippen LogP contribution in [0.2, 0.25) is 0 Å². The lowest BCUT2D eigenvalue weighted by Gasteiger charge is -2.46. The van der Waals surface area contributed by atoms with E-state index >= 15 is 0 Å². The normalized spacial score (nSPS) is 32.2. The Morgan fingerprint density at radius 1 is 0.696 bits per heavy atom. The summed E-state index contributed by atoms with van der Waals surface area (Å²) in [4.78, 5) is 26.3. The van der Waals surface area contributed by atoms with Crippen molar-refractivity contribution in [3.05, 3.63) is 51.2 Å². The number of methoxy groups -OCH3 is 1. The molecule has 0 aliphatic carbocycles. The van der Waals surface area contributed by atoms with Crippen LogP contribution in [0, 0.1) is 0 Å². The molecule has 3 aromatic carbocycles. The van der Waals surface area contributed by atoms with Crippen LogP contribution in [0.25, 0.3) is 43.5 Å². The number of benzene rings is 3. The molecule has 0 saturated carbocycles. The van der Waals surface area contributed by atoms with E-state index in [9.17, 15) is 40.2 Å². The third kappa shape index (κ3) is 4.43. The van der Waals surface area contributed by atoms with E-state index in [0.29, 0.717) is 0 Å². The average molecular weight is 643 g/mol. The van der Waals surface area contributed by atoms with Crippen LogP contribution >= 0.6 is 0 Å². The SMILES string of the molecule is COC1[C@@H](O)C(C)O[C@H](OC2[C@H](Oc3cccc4c(O)c5c(=O)oc6ccc(O)c7c(=O)oc(c34)c5c67)OC(C)[C@H](O)[C@@H]2O)[C@@H]1O. The molecule has 0 spiro atoms. The van der Waals surface area contributed by atoms with E-state index in [0.717, 1.165) is 0 Å². The molecule has 15 heteroatoms. The number of hydrogen-bond donors (Lipinski definition) is 6. The van der Waals surface area contributed by atoms with E-state index in [1.54, 1.807) is 0 Å². The lowest BCUT2D eigenvalue weighted by molar-refractivity contribution is -0.353. The molecule has 0 amide bonds. The molecule has 4 heterocycles. The summed E-state index contributed by atoms with van der Waals surface area (Å²) >= 11 is 0. The number of aliphatic hydroxyl groups excluding tert-OH is 4. The van der Waals surface area contributed by atoms with E-state index in [1.165, 1.54) is 51.3 Å². The molecule has 2 fully saturated rings. The first kappa shape index (κ1) is 30.6. The summed E-state index contributed by atoms with van der Waals surface area (Å²) in [7, 11) is 1.29. The molecule has 2 saturated heterocycles. The minimum Gasteiger partial charge on any atom is -0.507 e. The Kier molecular flexibility index (Phi) is 7.34. The molecule has 10 atom stereocenters. The Morgan fingerprint density at radius 3 is 2.13 bits per heavy atom. The fraction of sp³-hybridized carbons (Fsp3) is 0.419. The summed E-state index contributed by atoms with van der Waals surface area (Å²) in [5.41, 5.74) is -2.07. The zero-order valence-electron chi connectivity index (χ0n) is 24.5. The Bertz CT molecular complexity index is 2070. The third-order valence-corrected chi connectivity index (χ3v) is 8.80. The molecule has 2 aliphatic rings. The van der Waals surface area contributed by atoms with Crippen LogP contribution in [0.4, 0.5) is 0 Å². The summed E-state index contributed by atoms with van der Waals surface area (Å²) in [6.45, 7) is 3.02. The van der Waals surface area contributed by atoms with Crippen LogP contribution in [0.1, 0.15) is 13.8 Å². The van der Waals surface area contributed by atoms with Gasteiger partial charge in [0.15, 0.2) is 18.0 Å². The number of hydrogen-bond acceptors (Lipinski definition) is 15. The third-order valence-electron chi connectivity index (χ3n) is 8.80. The van der Waals surface area contributed by atoms with Gasteiger partial charge < -0.3 is 63.2 Å². The van der Waals surface area contributed by atoms with Gasteiger partial charge in [-0.15, -0.1) is 0 Å². The molecule has 2 aromatic heterocycles. The Balaban J connectivity index is 1.38. The smallest absolute Gasteiger partial charge is 0.348 e. The predicted octanol–water partition coefficient (Wildman–Crippen LogP) is 0.767. The van der Waals surface area contributed by atoms with Crippen molar-refractivity contribution in [3.8, 4) is 17.2 Å². The second kappa shape index (κ2) is 11.0. The minimum atomic E-state index is -1.63. The number of phenolic OH excluding ortho intramolecular Hbond substituents is 2. The average Bonchev–Trinajstić information content (AvgIpc) is 3.02. The van der Waals surface area contributed by atoms with E-state index in [1.807, 2.05) is 0 Å². The van der Waals surface area contributed by atoms with Gasteiger partial charge in [-0.2, -0.15) is 0 Å². The van der Waals surface area contributed by atoms with E-state index in [-0.39, 0.29) is 49.2 Å². The number of rotatable bonds is 5. The molecule has 46 heavy (non-hydrogen) atoms. The van der Waals surface area contributed by atoms with Crippen molar-refractivity contribution in [3.63, 3.8) is 0 Å². The zero-order chi connectivity index (χ0) is 32.8. The van der Waals surface area contributed by atoms with Crippen molar-refractivity contribution < 1.29 is 63.2 Å². The molecule has 0 bridgehead atoms. The number of phenols is 2. The highest BCUT2D eigenvalue weighted by molar-refractivity contribution is 6.29. The molecule has 15 nitrogen and oxygen atoms in total. The first-order valence-electron chi connectivity index (χ1n) is 14.4. The van der Waals surface area contributed by atoms with Crippen LogP contribution in [-0.4, -0.2) is 99.2 Å².